The number of anilines is 2. The number of hydrogen-bond donors (Lipinski definition) is 0. The number of benzene rings is 3. The molecule has 2 fully saturated rings. The molecule has 3 aromatic carbocycles. The highest BCUT2D eigenvalue weighted by atomic mass is 31.2. The zero-order valence-corrected chi connectivity index (χ0v) is 20.5. The van der Waals surface area contributed by atoms with Gasteiger partial charge in [-0.1, -0.05) is 73.2 Å². The van der Waals surface area contributed by atoms with Gasteiger partial charge >= 0.3 is 0 Å². The molecule has 0 spiro atoms. The van der Waals surface area contributed by atoms with Crippen molar-refractivity contribution in [3.63, 3.8) is 0 Å². The summed E-state index contributed by atoms with van der Waals surface area (Å²) in [6.45, 7) is 6.12. The Hall–Kier alpha value is -2.55. The van der Waals surface area contributed by atoms with Crippen molar-refractivity contribution in [3.05, 3.63) is 96.6 Å². The standard InChI is InChI=1S/C28H34N3OP/c1-23-13-12-14-24(2)31(23)28(25-15-6-3-7-16-25)33(32)29(26-17-8-4-9-18-26)21-22-30(33)27-19-10-5-11-20-27/h3-11,15-20,23-24,28H,12-14,21-22H2,1-2H3. The summed E-state index contributed by atoms with van der Waals surface area (Å²) >= 11 is 0. The summed E-state index contributed by atoms with van der Waals surface area (Å²) in [5.41, 5.74) is 3.22. The number of hydrogen-bond acceptors (Lipinski definition) is 2. The lowest BCUT2D eigenvalue weighted by Crippen LogP contribution is -2.47. The van der Waals surface area contributed by atoms with Gasteiger partial charge in [0.2, 0.25) is 0 Å². The van der Waals surface area contributed by atoms with Crippen LogP contribution in [0.4, 0.5) is 11.4 Å². The first-order valence-electron chi connectivity index (χ1n) is 12.2. The van der Waals surface area contributed by atoms with E-state index in [1.165, 1.54) is 6.42 Å². The zero-order valence-electron chi connectivity index (χ0n) is 19.6. The molecule has 3 aromatic rings. The van der Waals surface area contributed by atoms with Crippen LogP contribution in [0.5, 0.6) is 0 Å². The first-order chi connectivity index (χ1) is 16.1. The van der Waals surface area contributed by atoms with Crippen LogP contribution < -0.4 is 9.34 Å². The average Bonchev–Trinajstić information content (AvgIpc) is 3.20. The average molecular weight is 460 g/mol. The molecule has 0 radical (unpaired) electrons. The lowest BCUT2D eigenvalue weighted by atomic mass is 9.96. The predicted octanol–water partition coefficient (Wildman–Crippen LogP) is 7.17. The molecule has 0 saturated carbocycles. The van der Waals surface area contributed by atoms with Crippen molar-refractivity contribution in [2.45, 2.75) is 51.0 Å². The van der Waals surface area contributed by atoms with Gasteiger partial charge in [0.25, 0.3) is 7.44 Å². The van der Waals surface area contributed by atoms with Crippen LogP contribution in [0.2, 0.25) is 0 Å². The van der Waals surface area contributed by atoms with Crippen molar-refractivity contribution in [1.82, 2.24) is 4.90 Å². The van der Waals surface area contributed by atoms with Crippen LogP contribution in [0.15, 0.2) is 91.0 Å². The van der Waals surface area contributed by atoms with Crippen LogP contribution in [-0.2, 0) is 4.57 Å². The monoisotopic (exact) mass is 459 g/mol. The third-order valence-corrected chi connectivity index (χ3v) is 10.7. The number of nitrogens with zero attached hydrogens (tertiary/aromatic N) is 3. The lowest BCUT2D eigenvalue weighted by Gasteiger charge is -2.49. The minimum Gasteiger partial charge on any atom is -0.304 e. The van der Waals surface area contributed by atoms with E-state index in [1.54, 1.807) is 0 Å². The molecule has 5 heteroatoms. The highest BCUT2D eigenvalue weighted by molar-refractivity contribution is 7.67. The van der Waals surface area contributed by atoms with Gasteiger partial charge in [-0.15, -0.1) is 0 Å². The Morgan fingerprint density at radius 2 is 1.12 bits per heavy atom. The number of rotatable bonds is 5. The van der Waals surface area contributed by atoms with Crippen LogP contribution in [0.1, 0.15) is 44.5 Å². The summed E-state index contributed by atoms with van der Waals surface area (Å²) < 4.78 is 20.2. The van der Waals surface area contributed by atoms with Gasteiger partial charge in [-0.05, 0) is 56.5 Å². The zero-order chi connectivity index (χ0) is 22.8. The van der Waals surface area contributed by atoms with Crippen LogP contribution in [0, 0.1) is 0 Å². The summed E-state index contributed by atoms with van der Waals surface area (Å²) in [4.78, 5) is 2.57. The van der Waals surface area contributed by atoms with Gasteiger partial charge in [-0.2, -0.15) is 0 Å². The van der Waals surface area contributed by atoms with Gasteiger partial charge in [0.05, 0.1) is 0 Å². The lowest BCUT2D eigenvalue weighted by molar-refractivity contribution is 0.0856. The summed E-state index contributed by atoms with van der Waals surface area (Å²) in [5.74, 6) is -0.202. The molecule has 0 aliphatic carbocycles. The van der Waals surface area contributed by atoms with E-state index in [4.69, 9.17) is 0 Å². The van der Waals surface area contributed by atoms with Gasteiger partial charge in [-0.3, -0.25) is 9.46 Å². The van der Waals surface area contributed by atoms with Gasteiger partial charge < -0.3 is 9.34 Å². The highest BCUT2D eigenvalue weighted by Crippen LogP contribution is 2.70. The molecular weight excluding hydrogens is 425 g/mol. The first-order valence-corrected chi connectivity index (χ1v) is 13.9. The Labute approximate surface area is 198 Å². The number of likely N-dealkylation sites (tertiary alicyclic amines) is 1. The molecule has 2 aliphatic rings. The maximum absolute atomic E-state index is 15.8. The second-order valence-corrected chi connectivity index (χ2v) is 12.0. The molecule has 0 amide bonds. The molecule has 0 aromatic heterocycles. The van der Waals surface area contributed by atoms with Crippen molar-refractivity contribution in [2.75, 3.05) is 22.4 Å². The van der Waals surface area contributed by atoms with E-state index in [1.807, 2.05) is 12.1 Å². The Morgan fingerprint density at radius 3 is 1.58 bits per heavy atom. The second-order valence-electron chi connectivity index (χ2n) is 9.37. The third-order valence-electron chi connectivity index (χ3n) is 7.28. The molecule has 2 heterocycles. The minimum atomic E-state index is -3.12. The van der Waals surface area contributed by atoms with Crippen molar-refractivity contribution in [3.8, 4) is 0 Å². The van der Waals surface area contributed by atoms with Crippen LogP contribution >= 0.6 is 7.44 Å². The van der Waals surface area contributed by atoms with Crippen LogP contribution in [-0.4, -0.2) is 30.1 Å². The Balaban J connectivity index is 1.72. The molecule has 2 saturated heterocycles. The fourth-order valence-corrected chi connectivity index (χ4v) is 9.58. The summed E-state index contributed by atoms with van der Waals surface area (Å²) in [6.07, 6.45) is 3.52. The molecule has 5 rings (SSSR count). The quantitative estimate of drug-likeness (QED) is 0.378. The van der Waals surface area contributed by atoms with Crippen molar-refractivity contribution in [2.24, 2.45) is 0 Å². The Morgan fingerprint density at radius 1 is 0.697 bits per heavy atom. The van der Waals surface area contributed by atoms with Gasteiger partial charge in [0, 0.05) is 36.5 Å². The van der Waals surface area contributed by atoms with E-state index in [2.05, 4.69) is 107 Å². The van der Waals surface area contributed by atoms with Crippen molar-refractivity contribution >= 4 is 18.8 Å². The fraction of sp³-hybridized carbons (Fsp3) is 0.357. The summed E-state index contributed by atoms with van der Waals surface area (Å²) in [6, 6.07) is 32.0. The van der Waals surface area contributed by atoms with E-state index in [0.717, 1.165) is 42.9 Å². The normalized spacial score (nSPS) is 24.1. The van der Waals surface area contributed by atoms with E-state index in [9.17, 15) is 0 Å². The molecule has 2 aliphatic heterocycles. The van der Waals surface area contributed by atoms with Crippen molar-refractivity contribution in [1.29, 1.82) is 0 Å². The van der Waals surface area contributed by atoms with E-state index >= 15 is 4.57 Å². The molecule has 0 N–H and O–H groups in total. The maximum atomic E-state index is 15.8. The Bertz CT molecular complexity index is 1030. The van der Waals surface area contributed by atoms with Gasteiger partial charge in [-0.25, -0.2) is 0 Å². The fourth-order valence-electron chi connectivity index (χ4n) is 5.75. The number of para-hydroxylation sites is 2. The smallest absolute Gasteiger partial charge is 0.284 e. The van der Waals surface area contributed by atoms with Crippen LogP contribution in [0.25, 0.3) is 0 Å². The molecule has 4 nitrogen and oxygen atoms in total. The van der Waals surface area contributed by atoms with Crippen LogP contribution in [0.3, 0.4) is 0 Å². The van der Waals surface area contributed by atoms with E-state index in [0.29, 0.717) is 12.1 Å². The topological polar surface area (TPSA) is 26.8 Å². The molecular formula is C28H34N3OP. The summed E-state index contributed by atoms with van der Waals surface area (Å²) in [5, 5.41) is 0. The molecule has 0 bridgehead atoms. The maximum Gasteiger partial charge on any atom is 0.284 e. The largest absolute Gasteiger partial charge is 0.304 e. The molecule has 172 valence electrons. The minimum absolute atomic E-state index is 0.202. The van der Waals surface area contributed by atoms with Gasteiger partial charge in [0.15, 0.2) is 0 Å². The molecule has 33 heavy (non-hydrogen) atoms. The molecule has 3 unspecified atom stereocenters. The summed E-state index contributed by atoms with van der Waals surface area (Å²) in [7, 11) is -3.12. The van der Waals surface area contributed by atoms with Gasteiger partial charge in [0.1, 0.15) is 5.78 Å². The van der Waals surface area contributed by atoms with E-state index < -0.39 is 7.44 Å². The molecule has 3 atom stereocenters. The van der Waals surface area contributed by atoms with Crippen molar-refractivity contribution < 1.29 is 4.57 Å². The Kier molecular flexibility index (Phi) is 6.32. The third kappa shape index (κ3) is 4.00. The highest BCUT2D eigenvalue weighted by Gasteiger charge is 2.53. The van der Waals surface area contributed by atoms with E-state index in [-0.39, 0.29) is 5.78 Å². The predicted molar refractivity (Wildman–Crippen MR) is 139 cm³/mol. The SMILES string of the molecule is CC1CCCC(C)N1C(c1ccccc1)P1(=O)N(c2ccccc2)CCN1c1ccccc1. The first kappa shape index (κ1) is 22.3. The number of piperidine rings is 1. The second kappa shape index (κ2) is 9.37.